The van der Waals surface area contributed by atoms with Crippen molar-refractivity contribution >= 4 is 17.7 Å². The van der Waals surface area contributed by atoms with Gasteiger partial charge in [-0.2, -0.15) is 0 Å². The lowest BCUT2D eigenvalue weighted by atomic mass is 9.77. The van der Waals surface area contributed by atoms with Gasteiger partial charge in [0.25, 0.3) is 0 Å². The van der Waals surface area contributed by atoms with Crippen molar-refractivity contribution in [3.8, 4) is 5.75 Å². The van der Waals surface area contributed by atoms with E-state index in [9.17, 15) is 9.90 Å². The van der Waals surface area contributed by atoms with Crippen molar-refractivity contribution in [1.29, 1.82) is 0 Å². The lowest BCUT2D eigenvalue weighted by Crippen LogP contribution is -2.26. The molecule has 1 aliphatic rings. The quantitative estimate of drug-likeness (QED) is 0.605. The van der Waals surface area contributed by atoms with Gasteiger partial charge >= 0.3 is 0 Å². The average molecular weight is 331 g/mol. The number of hydrogen-bond acceptors (Lipinski definition) is 5. The number of aliphatic hydroxyl groups excluding tert-OH is 1. The maximum Gasteiger partial charge on any atom is 0.168 e. The first kappa shape index (κ1) is 18.2. The van der Waals surface area contributed by atoms with E-state index in [1.165, 1.54) is 6.21 Å². The second-order valence-corrected chi connectivity index (χ2v) is 6.60. The summed E-state index contributed by atoms with van der Waals surface area (Å²) in [5.74, 6) is 0.797. The van der Waals surface area contributed by atoms with Crippen molar-refractivity contribution in [3.63, 3.8) is 0 Å². The molecule has 0 aliphatic heterocycles. The lowest BCUT2D eigenvalue weighted by molar-refractivity contribution is -0.117. The van der Waals surface area contributed by atoms with E-state index in [0.29, 0.717) is 43.9 Å². The van der Waals surface area contributed by atoms with Crippen LogP contribution in [0.5, 0.6) is 5.75 Å². The number of carbonyl (C=O) groups excluding carboxylic acids is 1. The number of Topliss-reactive ketones (excluding diaryl/α,β-unsaturated/α-hetero) is 1. The average Bonchev–Trinajstić information content (AvgIpc) is 2.51. The summed E-state index contributed by atoms with van der Waals surface area (Å²) < 4.78 is 10.7. The van der Waals surface area contributed by atoms with Crippen molar-refractivity contribution in [1.82, 2.24) is 0 Å². The molecule has 0 amide bonds. The normalized spacial score (nSPS) is 17.5. The van der Waals surface area contributed by atoms with E-state index in [1.54, 1.807) is 12.1 Å². The van der Waals surface area contributed by atoms with Gasteiger partial charge in [0.1, 0.15) is 18.1 Å². The Kier molecular flexibility index (Phi) is 6.15. The van der Waals surface area contributed by atoms with E-state index in [0.717, 1.165) is 5.75 Å². The number of aliphatic imine (C=N–C) groups is 1. The molecule has 0 fully saturated rings. The van der Waals surface area contributed by atoms with Crippen LogP contribution in [0.2, 0.25) is 0 Å². The third-order valence-electron chi connectivity index (χ3n) is 3.78. The zero-order valence-corrected chi connectivity index (χ0v) is 14.5. The summed E-state index contributed by atoms with van der Waals surface area (Å²) in [5.41, 5.74) is 0.815. The number of rotatable bonds is 7. The molecule has 0 radical (unpaired) electrons. The third kappa shape index (κ3) is 5.20. The second kappa shape index (κ2) is 8.11. The fraction of sp³-hybridized carbons (Fsp3) is 0.474. The molecule has 0 unspecified atom stereocenters. The molecule has 130 valence electrons. The number of hydrogen-bond donors (Lipinski definition) is 1. The van der Waals surface area contributed by atoms with Gasteiger partial charge in [-0.25, -0.2) is 0 Å². The third-order valence-corrected chi connectivity index (χ3v) is 3.78. The molecule has 0 atom stereocenters. The van der Waals surface area contributed by atoms with E-state index in [2.05, 4.69) is 4.99 Å². The van der Waals surface area contributed by atoms with Crippen LogP contribution < -0.4 is 4.74 Å². The molecule has 2 rings (SSSR count). The lowest BCUT2D eigenvalue weighted by Gasteiger charge is -2.28. The molecule has 0 spiro atoms. The zero-order valence-electron chi connectivity index (χ0n) is 14.5. The van der Waals surface area contributed by atoms with E-state index < -0.39 is 0 Å². The van der Waals surface area contributed by atoms with Crippen molar-refractivity contribution in [2.75, 3.05) is 19.8 Å². The van der Waals surface area contributed by atoms with Crippen LogP contribution in [0.3, 0.4) is 0 Å². The van der Waals surface area contributed by atoms with Crippen LogP contribution in [0.4, 0.5) is 5.69 Å². The summed E-state index contributed by atoms with van der Waals surface area (Å²) in [6.07, 6.45) is 2.37. The first-order valence-corrected chi connectivity index (χ1v) is 8.21. The molecule has 0 heterocycles. The molecule has 24 heavy (non-hydrogen) atoms. The summed E-state index contributed by atoms with van der Waals surface area (Å²) in [4.78, 5) is 16.4. The molecule has 0 saturated heterocycles. The van der Waals surface area contributed by atoms with Crippen LogP contribution in [0.1, 0.15) is 33.6 Å². The fourth-order valence-corrected chi connectivity index (χ4v) is 2.58. The largest absolute Gasteiger partial charge is 0.511 e. The SMILES string of the molecule is CCOCCOc1ccc(N=CC2=C(O)CC(C)(C)CC2=O)cc1. The van der Waals surface area contributed by atoms with Gasteiger partial charge in [0, 0.05) is 25.7 Å². The van der Waals surface area contributed by atoms with E-state index in [1.807, 2.05) is 32.9 Å². The number of ketones is 1. The van der Waals surface area contributed by atoms with Gasteiger partial charge in [-0.3, -0.25) is 9.79 Å². The Balaban J connectivity index is 1.98. The first-order valence-electron chi connectivity index (χ1n) is 8.21. The first-order chi connectivity index (χ1) is 11.4. The summed E-state index contributed by atoms with van der Waals surface area (Å²) in [7, 11) is 0. The van der Waals surface area contributed by atoms with Gasteiger partial charge in [0.2, 0.25) is 0 Å². The van der Waals surface area contributed by atoms with Gasteiger partial charge in [-0.15, -0.1) is 0 Å². The molecule has 0 aromatic heterocycles. The minimum Gasteiger partial charge on any atom is -0.511 e. The van der Waals surface area contributed by atoms with E-state index in [4.69, 9.17) is 9.47 Å². The minimum atomic E-state index is -0.195. The molecule has 1 aromatic rings. The van der Waals surface area contributed by atoms with Gasteiger partial charge in [0.15, 0.2) is 5.78 Å². The molecule has 0 bridgehead atoms. The standard InChI is InChI=1S/C19H25NO4/c1-4-23-9-10-24-15-7-5-14(6-8-15)20-13-16-17(21)11-19(2,3)12-18(16)22/h5-8,13,21H,4,9-12H2,1-3H3. The van der Waals surface area contributed by atoms with E-state index >= 15 is 0 Å². The number of nitrogens with zero attached hydrogens (tertiary/aromatic N) is 1. The predicted octanol–water partition coefficient (Wildman–Crippen LogP) is 4.01. The maximum atomic E-state index is 12.1. The molecule has 5 heteroatoms. The molecule has 5 nitrogen and oxygen atoms in total. The fourth-order valence-electron chi connectivity index (χ4n) is 2.58. The number of carbonyl (C=O) groups is 1. The highest BCUT2D eigenvalue weighted by Gasteiger charge is 2.32. The number of ether oxygens (including phenoxy) is 2. The van der Waals surface area contributed by atoms with Crippen LogP contribution in [-0.4, -0.2) is 36.9 Å². The zero-order chi connectivity index (χ0) is 17.6. The molecular weight excluding hydrogens is 306 g/mol. The van der Waals surface area contributed by atoms with Gasteiger partial charge < -0.3 is 14.6 Å². The second-order valence-electron chi connectivity index (χ2n) is 6.60. The van der Waals surface area contributed by atoms with Gasteiger partial charge in [0.05, 0.1) is 17.9 Å². The molecule has 1 aromatic carbocycles. The molecular formula is C19H25NO4. The highest BCUT2D eigenvalue weighted by Crippen LogP contribution is 2.35. The molecule has 0 saturated carbocycles. The molecule has 1 N–H and O–H groups in total. The van der Waals surface area contributed by atoms with Gasteiger partial charge in [-0.05, 0) is 36.6 Å². The van der Waals surface area contributed by atoms with Gasteiger partial charge in [-0.1, -0.05) is 13.8 Å². The number of allylic oxidation sites excluding steroid dienone is 2. The Bertz CT molecular complexity index is 629. The summed E-state index contributed by atoms with van der Waals surface area (Å²) in [6.45, 7) is 7.62. The van der Waals surface area contributed by atoms with E-state index in [-0.39, 0.29) is 17.0 Å². The van der Waals surface area contributed by atoms with Crippen LogP contribution in [-0.2, 0) is 9.53 Å². The Hall–Kier alpha value is -2.14. The number of benzene rings is 1. The Morgan fingerprint density at radius 2 is 1.92 bits per heavy atom. The van der Waals surface area contributed by atoms with Crippen molar-refractivity contribution < 1.29 is 19.4 Å². The maximum absolute atomic E-state index is 12.1. The summed E-state index contributed by atoms with van der Waals surface area (Å²) >= 11 is 0. The minimum absolute atomic E-state index is 0.0663. The topological polar surface area (TPSA) is 68.1 Å². The van der Waals surface area contributed by atoms with Crippen molar-refractivity contribution in [2.24, 2.45) is 10.4 Å². The molecule has 1 aliphatic carbocycles. The smallest absolute Gasteiger partial charge is 0.168 e. The van der Waals surface area contributed by atoms with Crippen molar-refractivity contribution in [3.05, 3.63) is 35.6 Å². The predicted molar refractivity (Wildman–Crippen MR) is 94.3 cm³/mol. The number of aliphatic hydroxyl groups is 1. The highest BCUT2D eigenvalue weighted by molar-refractivity contribution is 6.14. The summed E-state index contributed by atoms with van der Waals surface area (Å²) in [6, 6.07) is 7.25. The van der Waals surface area contributed by atoms with Crippen molar-refractivity contribution in [2.45, 2.75) is 33.6 Å². The van der Waals surface area contributed by atoms with Crippen LogP contribution >= 0.6 is 0 Å². The highest BCUT2D eigenvalue weighted by atomic mass is 16.5. The Morgan fingerprint density at radius 3 is 2.54 bits per heavy atom. The Morgan fingerprint density at radius 1 is 1.21 bits per heavy atom. The summed E-state index contributed by atoms with van der Waals surface area (Å²) in [5, 5.41) is 10.1. The van der Waals surface area contributed by atoms with Crippen LogP contribution in [0, 0.1) is 5.41 Å². The van der Waals surface area contributed by atoms with Crippen LogP contribution in [0.25, 0.3) is 0 Å². The van der Waals surface area contributed by atoms with Crippen LogP contribution in [0.15, 0.2) is 40.6 Å². The monoisotopic (exact) mass is 331 g/mol. The Labute approximate surface area is 143 Å².